The number of para-hydroxylation sites is 1. The van der Waals surface area contributed by atoms with E-state index in [1.54, 1.807) is 31.4 Å². The van der Waals surface area contributed by atoms with E-state index in [2.05, 4.69) is 10.3 Å². The number of carbonyl (C=O) groups excluding carboxylic acids is 2. The van der Waals surface area contributed by atoms with Crippen molar-refractivity contribution >= 4 is 49.2 Å². The highest BCUT2D eigenvalue weighted by molar-refractivity contribution is 7.23. The summed E-state index contributed by atoms with van der Waals surface area (Å²) in [7, 11) is 0. The minimum absolute atomic E-state index is 0.248. The number of esters is 1. The Morgan fingerprint density at radius 3 is 2.59 bits per heavy atom. The summed E-state index contributed by atoms with van der Waals surface area (Å²) in [5, 5.41) is 4.85. The fourth-order valence-electron chi connectivity index (χ4n) is 3.62. The third-order valence-electron chi connectivity index (χ3n) is 5.04. The second-order valence-corrected chi connectivity index (χ2v) is 8.08. The molecule has 3 heterocycles. The number of aromatic nitrogens is 1. The first-order valence-corrected chi connectivity index (χ1v) is 10.9. The van der Waals surface area contributed by atoms with Crippen LogP contribution in [0.1, 0.15) is 27.6 Å². The SMILES string of the molecule is CCOC(=O)c1c(NC(=O)c2cc(-c3ccco3)nc3ccccc23)sc2ccccc12. The molecule has 0 unspecified atom stereocenters. The summed E-state index contributed by atoms with van der Waals surface area (Å²) in [5.74, 6) is -0.233. The fraction of sp³-hybridized carbons (Fsp3) is 0.0800. The zero-order chi connectivity index (χ0) is 22.1. The van der Waals surface area contributed by atoms with Crippen LogP contribution in [-0.4, -0.2) is 23.5 Å². The normalized spacial score (nSPS) is 11.0. The van der Waals surface area contributed by atoms with E-state index in [0.29, 0.717) is 38.5 Å². The molecular formula is C25H18N2O4S. The minimum Gasteiger partial charge on any atom is -0.463 e. The van der Waals surface area contributed by atoms with Crippen LogP contribution < -0.4 is 5.32 Å². The number of thiophene rings is 1. The fourth-order valence-corrected chi connectivity index (χ4v) is 4.71. The molecule has 0 spiro atoms. The Kier molecular flexibility index (Phi) is 5.17. The van der Waals surface area contributed by atoms with Gasteiger partial charge in [-0.25, -0.2) is 9.78 Å². The predicted molar refractivity (Wildman–Crippen MR) is 125 cm³/mol. The molecule has 1 N–H and O–H groups in total. The highest BCUT2D eigenvalue weighted by atomic mass is 32.1. The van der Waals surface area contributed by atoms with Crippen molar-refractivity contribution in [2.45, 2.75) is 6.92 Å². The number of pyridine rings is 1. The number of amides is 1. The van der Waals surface area contributed by atoms with E-state index < -0.39 is 5.97 Å². The van der Waals surface area contributed by atoms with Crippen molar-refractivity contribution in [1.29, 1.82) is 0 Å². The molecule has 0 saturated carbocycles. The van der Waals surface area contributed by atoms with Gasteiger partial charge in [0.2, 0.25) is 0 Å². The first-order valence-electron chi connectivity index (χ1n) is 10.1. The van der Waals surface area contributed by atoms with Crippen molar-refractivity contribution in [2.24, 2.45) is 0 Å². The maximum Gasteiger partial charge on any atom is 0.341 e. The Morgan fingerprint density at radius 1 is 1.03 bits per heavy atom. The number of hydrogen-bond acceptors (Lipinski definition) is 6. The van der Waals surface area contributed by atoms with Crippen LogP contribution in [0.2, 0.25) is 0 Å². The van der Waals surface area contributed by atoms with Crippen LogP contribution in [0, 0.1) is 0 Å². The molecule has 0 aliphatic rings. The lowest BCUT2D eigenvalue weighted by molar-refractivity contribution is 0.0530. The average Bonchev–Trinajstić information content (AvgIpc) is 3.46. The molecule has 7 heteroatoms. The van der Waals surface area contributed by atoms with Gasteiger partial charge in [0.15, 0.2) is 5.76 Å². The lowest BCUT2D eigenvalue weighted by Gasteiger charge is -2.10. The van der Waals surface area contributed by atoms with Crippen molar-refractivity contribution in [3.8, 4) is 11.5 Å². The third-order valence-corrected chi connectivity index (χ3v) is 6.12. The number of hydrogen-bond donors (Lipinski definition) is 1. The van der Waals surface area contributed by atoms with Crippen LogP contribution in [0.15, 0.2) is 77.4 Å². The highest BCUT2D eigenvalue weighted by Gasteiger charge is 2.23. The van der Waals surface area contributed by atoms with Gasteiger partial charge in [-0.05, 0) is 37.3 Å². The molecule has 5 aromatic rings. The summed E-state index contributed by atoms with van der Waals surface area (Å²) >= 11 is 1.34. The van der Waals surface area contributed by atoms with Gasteiger partial charge in [-0.15, -0.1) is 11.3 Å². The van der Waals surface area contributed by atoms with E-state index in [1.165, 1.54) is 11.3 Å². The Morgan fingerprint density at radius 2 is 1.81 bits per heavy atom. The summed E-state index contributed by atoms with van der Waals surface area (Å²) in [5.41, 5.74) is 2.04. The lowest BCUT2D eigenvalue weighted by Crippen LogP contribution is -2.15. The molecule has 32 heavy (non-hydrogen) atoms. The van der Waals surface area contributed by atoms with Crippen molar-refractivity contribution in [3.05, 3.63) is 84.1 Å². The third kappa shape index (κ3) is 3.52. The Labute approximate surface area is 187 Å². The zero-order valence-corrected chi connectivity index (χ0v) is 17.9. The molecule has 0 aliphatic heterocycles. The zero-order valence-electron chi connectivity index (χ0n) is 17.1. The number of furan rings is 1. The number of benzene rings is 2. The van der Waals surface area contributed by atoms with Gasteiger partial charge in [0.1, 0.15) is 16.3 Å². The molecule has 0 fully saturated rings. The van der Waals surface area contributed by atoms with E-state index in [0.717, 1.165) is 10.1 Å². The molecule has 3 aromatic heterocycles. The molecule has 0 aliphatic carbocycles. The Bertz CT molecular complexity index is 1450. The first kappa shape index (κ1) is 20.0. The summed E-state index contributed by atoms with van der Waals surface area (Å²) in [6.45, 7) is 2.00. The van der Waals surface area contributed by atoms with Crippen molar-refractivity contribution < 1.29 is 18.7 Å². The van der Waals surface area contributed by atoms with Crippen molar-refractivity contribution in [2.75, 3.05) is 11.9 Å². The minimum atomic E-state index is -0.462. The number of anilines is 1. The molecule has 158 valence electrons. The number of nitrogens with one attached hydrogen (secondary N) is 1. The number of fused-ring (bicyclic) bond motifs is 2. The van der Waals surface area contributed by atoms with Crippen LogP contribution in [0.4, 0.5) is 5.00 Å². The van der Waals surface area contributed by atoms with E-state index in [4.69, 9.17) is 9.15 Å². The molecule has 0 bridgehead atoms. The van der Waals surface area contributed by atoms with Crippen LogP contribution in [0.25, 0.3) is 32.4 Å². The van der Waals surface area contributed by atoms with Crippen LogP contribution in [0.3, 0.4) is 0 Å². The molecule has 0 saturated heterocycles. The van der Waals surface area contributed by atoms with E-state index in [1.807, 2.05) is 48.5 Å². The second-order valence-electron chi connectivity index (χ2n) is 7.03. The van der Waals surface area contributed by atoms with Gasteiger partial charge in [-0.2, -0.15) is 0 Å². The maximum absolute atomic E-state index is 13.4. The summed E-state index contributed by atoms with van der Waals surface area (Å²) < 4.78 is 11.6. The number of carbonyl (C=O) groups is 2. The topological polar surface area (TPSA) is 81.4 Å². The highest BCUT2D eigenvalue weighted by Crippen LogP contribution is 2.37. The number of ether oxygens (including phenoxy) is 1. The van der Waals surface area contributed by atoms with E-state index in [-0.39, 0.29) is 12.5 Å². The Balaban J connectivity index is 1.61. The van der Waals surface area contributed by atoms with Crippen LogP contribution in [0.5, 0.6) is 0 Å². The molecule has 1 amide bonds. The monoisotopic (exact) mass is 442 g/mol. The van der Waals surface area contributed by atoms with Crippen molar-refractivity contribution in [1.82, 2.24) is 4.98 Å². The van der Waals surface area contributed by atoms with E-state index in [9.17, 15) is 9.59 Å². The quantitative estimate of drug-likeness (QED) is 0.331. The molecule has 2 aromatic carbocycles. The summed E-state index contributed by atoms with van der Waals surface area (Å²) in [6, 6.07) is 20.2. The Hall–Kier alpha value is -3.97. The lowest BCUT2D eigenvalue weighted by atomic mass is 10.1. The first-order chi connectivity index (χ1) is 15.7. The summed E-state index contributed by atoms with van der Waals surface area (Å²) in [4.78, 5) is 30.8. The predicted octanol–water partition coefficient (Wildman–Crippen LogP) is 6.14. The number of nitrogens with zero attached hydrogens (tertiary/aromatic N) is 1. The van der Waals surface area contributed by atoms with Crippen LogP contribution in [-0.2, 0) is 4.74 Å². The van der Waals surface area contributed by atoms with Gasteiger partial charge in [0.05, 0.1) is 24.0 Å². The smallest absolute Gasteiger partial charge is 0.341 e. The molecule has 0 atom stereocenters. The van der Waals surface area contributed by atoms with Gasteiger partial charge >= 0.3 is 5.97 Å². The molecule has 6 nitrogen and oxygen atoms in total. The largest absolute Gasteiger partial charge is 0.463 e. The molecule has 5 rings (SSSR count). The van der Waals surface area contributed by atoms with Gasteiger partial charge in [0.25, 0.3) is 5.91 Å². The average molecular weight is 442 g/mol. The molecular weight excluding hydrogens is 424 g/mol. The van der Waals surface area contributed by atoms with Gasteiger partial charge in [-0.1, -0.05) is 36.4 Å². The van der Waals surface area contributed by atoms with Gasteiger partial charge < -0.3 is 14.5 Å². The maximum atomic E-state index is 13.4. The van der Waals surface area contributed by atoms with Crippen molar-refractivity contribution in [3.63, 3.8) is 0 Å². The summed E-state index contributed by atoms with van der Waals surface area (Å²) in [6.07, 6.45) is 1.56. The molecule has 0 radical (unpaired) electrons. The van der Waals surface area contributed by atoms with Gasteiger partial charge in [0, 0.05) is 15.5 Å². The second kappa shape index (κ2) is 8.28. The standard InChI is InChI=1S/C25H18N2O4S/c1-2-30-25(29)22-16-9-4-6-12-21(16)32-24(22)27-23(28)17-14-19(20-11-7-13-31-20)26-18-10-5-3-8-15(17)18/h3-14H,2H2,1H3,(H,27,28). The number of rotatable bonds is 5. The van der Waals surface area contributed by atoms with Crippen LogP contribution >= 0.6 is 11.3 Å². The van der Waals surface area contributed by atoms with Gasteiger partial charge in [-0.3, -0.25) is 4.79 Å². The van der Waals surface area contributed by atoms with E-state index >= 15 is 0 Å².